The second kappa shape index (κ2) is 13.0. The van der Waals surface area contributed by atoms with E-state index in [1.807, 2.05) is 26.0 Å². The van der Waals surface area contributed by atoms with Crippen LogP contribution in [0.15, 0.2) is 82.2 Å². The Morgan fingerprint density at radius 1 is 1.00 bits per heavy atom. The van der Waals surface area contributed by atoms with Crippen molar-refractivity contribution in [2.45, 2.75) is 44.7 Å². The molecule has 0 saturated carbocycles. The van der Waals surface area contributed by atoms with Gasteiger partial charge in [0.05, 0.1) is 10.6 Å². The first kappa shape index (κ1) is 29.3. The van der Waals surface area contributed by atoms with Crippen LogP contribution in [0.1, 0.15) is 31.4 Å². The number of benzene rings is 3. The number of nitrogens with one attached hydrogen (secondary N) is 1. The second-order valence-corrected chi connectivity index (χ2v) is 11.7. The molecule has 202 valence electrons. The van der Waals surface area contributed by atoms with Gasteiger partial charge in [-0.1, -0.05) is 64.8 Å². The van der Waals surface area contributed by atoms with Crippen LogP contribution in [0.5, 0.6) is 0 Å². The summed E-state index contributed by atoms with van der Waals surface area (Å²) in [4.78, 5) is 27.9. The molecule has 10 heteroatoms. The van der Waals surface area contributed by atoms with Gasteiger partial charge < -0.3 is 10.2 Å². The first-order valence-electron chi connectivity index (χ1n) is 12.2. The van der Waals surface area contributed by atoms with Crippen LogP contribution in [0.4, 0.5) is 10.1 Å². The van der Waals surface area contributed by atoms with E-state index in [1.165, 1.54) is 35.2 Å². The van der Waals surface area contributed by atoms with Gasteiger partial charge >= 0.3 is 0 Å². The van der Waals surface area contributed by atoms with Crippen molar-refractivity contribution in [3.8, 4) is 0 Å². The summed E-state index contributed by atoms with van der Waals surface area (Å²) in [5.74, 6) is -1.80. The van der Waals surface area contributed by atoms with E-state index in [1.54, 1.807) is 31.2 Å². The molecule has 3 aromatic rings. The third-order valence-corrected chi connectivity index (χ3v) is 8.29. The van der Waals surface area contributed by atoms with Gasteiger partial charge in [-0.05, 0) is 62.2 Å². The van der Waals surface area contributed by atoms with E-state index < -0.39 is 34.3 Å². The predicted molar refractivity (Wildman–Crippen MR) is 150 cm³/mol. The van der Waals surface area contributed by atoms with Gasteiger partial charge in [-0.15, -0.1) is 0 Å². The van der Waals surface area contributed by atoms with Gasteiger partial charge in [-0.2, -0.15) is 0 Å². The average molecular weight is 605 g/mol. The van der Waals surface area contributed by atoms with E-state index in [0.717, 1.165) is 32.4 Å². The minimum Gasteiger partial charge on any atom is -0.354 e. The van der Waals surface area contributed by atoms with E-state index in [9.17, 15) is 22.4 Å². The molecule has 3 aromatic carbocycles. The number of anilines is 1. The molecule has 0 spiro atoms. The maximum absolute atomic E-state index is 14.9. The van der Waals surface area contributed by atoms with Gasteiger partial charge in [0, 0.05) is 17.6 Å². The Kier molecular flexibility index (Phi) is 10.0. The van der Waals surface area contributed by atoms with Crippen LogP contribution in [0.2, 0.25) is 0 Å². The first-order chi connectivity index (χ1) is 18.0. The number of aryl methyl sites for hydroxylation is 1. The molecule has 0 aliphatic rings. The zero-order valence-corrected chi connectivity index (χ0v) is 23.9. The Balaban J connectivity index is 2.02. The van der Waals surface area contributed by atoms with Crippen molar-refractivity contribution in [2.75, 3.05) is 17.4 Å². The lowest BCUT2D eigenvalue weighted by Gasteiger charge is -2.32. The number of hydrogen-bond donors (Lipinski definition) is 1. The number of carbonyl (C=O) groups is 2. The van der Waals surface area contributed by atoms with E-state index in [-0.39, 0.29) is 23.0 Å². The predicted octanol–water partition coefficient (Wildman–Crippen LogP) is 5.04. The molecule has 1 unspecified atom stereocenters. The monoisotopic (exact) mass is 603 g/mol. The first-order valence-corrected chi connectivity index (χ1v) is 14.4. The summed E-state index contributed by atoms with van der Waals surface area (Å²) in [6.07, 6.45) is 0.717. The van der Waals surface area contributed by atoms with Crippen molar-refractivity contribution < 1.29 is 22.4 Å². The van der Waals surface area contributed by atoms with Gasteiger partial charge in [-0.25, -0.2) is 12.8 Å². The summed E-state index contributed by atoms with van der Waals surface area (Å²) in [7, 11) is -4.32. The van der Waals surface area contributed by atoms with Gasteiger partial charge in [0.2, 0.25) is 11.8 Å². The molecule has 0 radical (unpaired) electrons. The van der Waals surface area contributed by atoms with Crippen LogP contribution in [-0.4, -0.2) is 44.3 Å². The Hall–Kier alpha value is -3.24. The summed E-state index contributed by atoms with van der Waals surface area (Å²) in [5, 5.41) is 2.79. The van der Waals surface area contributed by atoms with Crippen LogP contribution in [0.25, 0.3) is 0 Å². The van der Waals surface area contributed by atoms with Crippen molar-refractivity contribution in [1.29, 1.82) is 0 Å². The average Bonchev–Trinajstić information content (AvgIpc) is 2.90. The van der Waals surface area contributed by atoms with Gasteiger partial charge in [0.15, 0.2) is 0 Å². The largest absolute Gasteiger partial charge is 0.354 e. The lowest BCUT2D eigenvalue weighted by atomic mass is 10.1. The summed E-state index contributed by atoms with van der Waals surface area (Å²) in [6.45, 7) is 5.12. The SMILES string of the molecule is CCCNC(=O)C(C)N(Cc1ccc(Br)cc1)C(=O)CN(c1ccccc1F)S(=O)(=O)c1ccc(C)cc1. The molecule has 0 aliphatic carbocycles. The zero-order valence-electron chi connectivity index (χ0n) is 21.5. The fraction of sp³-hybridized carbons (Fsp3) is 0.286. The molecule has 1 N–H and O–H groups in total. The van der Waals surface area contributed by atoms with Crippen molar-refractivity contribution >= 4 is 43.5 Å². The molecule has 0 saturated heterocycles. The molecular formula is C28H31BrFN3O4S. The quantitative estimate of drug-likeness (QED) is 0.333. The van der Waals surface area contributed by atoms with E-state index in [0.29, 0.717) is 6.54 Å². The Labute approximate surface area is 231 Å². The van der Waals surface area contributed by atoms with Crippen molar-refractivity contribution in [2.24, 2.45) is 0 Å². The number of amides is 2. The summed E-state index contributed by atoms with van der Waals surface area (Å²) < 4.78 is 43.9. The second-order valence-electron chi connectivity index (χ2n) is 8.89. The van der Waals surface area contributed by atoms with Gasteiger partial charge in [0.25, 0.3) is 10.0 Å². The number of para-hydroxylation sites is 1. The third kappa shape index (κ3) is 7.20. The van der Waals surface area contributed by atoms with Gasteiger partial charge in [-0.3, -0.25) is 13.9 Å². The maximum Gasteiger partial charge on any atom is 0.264 e. The molecular weight excluding hydrogens is 573 g/mol. The van der Waals surface area contributed by atoms with Crippen LogP contribution < -0.4 is 9.62 Å². The van der Waals surface area contributed by atoms with E-state index in [4.69, 9.17) is 0 Å². The molecule has 0 fully saturated rings. The number of sulfonamides is 1. The lowest BCUT2D eigenvalue weighted by Crippen LogP contribution is -2.51. The van der Waals surface area contributed by atoms with Crippen molar-refractivity contribution in [1.82, 2.24) is 10.2 Å². The van der Waals surface area contributed by atoms with Crippen LogP contribution in [0.3, 0.4) is 0 Å². The number of halogens is 2. The van der Waals surface area contributed by atoms with Crippen LogP contribution in [-0.2, 0) is 26.2 Å². The topological polar surface area (TPSA) is 86.8 Å². The Morgan fingerprint density at radius 2 is 1.63 bits per heavy atom. The van der Waals surface area contributed by atoms with Crippen molar-refractivity contribution in [3.05, 3.63) is 94.2 Å². The molecule has 1 atom stereocenters. The molecule has 38 heavy (non-hydrogen) atoms. The number of rotatable bonds is 11. The molecule has 0 bridgehead atoms. The molecule has 3 rings (SSSR count). The molecule has 2 amide bonds. The fourth-order valence-electron chi connectivity index (χ4n) is 3.77. The van der Waals surface area contributed by atoms with E-state index >= 15 is 0 Å². The van der Waals surface area contributed by atoms with Crippen molar-refractivity contribution in [3.63, 3.8) is 0 Å². The summed E-state index contributed by atoms with van der Waals surface area (Å²) >= 11 is 3.38. The minimum absolute atomic E-state index is 0.0581. The van der Waals surface area contributed by atoms with Crippen LogP contribution in [0, 0.1) is 12.7 Å². The Bertz CT molecular complexity index is 1370. The highest BCUT2D eigenvalue weighted by atomic mass is 79.9. The summed E-state index contributed by atoms with van der Waals surface area (Å²) in [6, 6.07) is 17.8. The number of carbonyl (C=O) groups excluding carboxylic acids is 2. The highest BCUT2D eigenvalue weighted by Crippen LogP contribution is 2.27. The minimum atomic E-state index is -4.32. The Morgan fingerprint density at radius 3 is 2.24 bits per heavy atom. The molecule has 0 heterocycles. The normalized spacial score (nSPS) is 12.0. The van der Waals surface area contributed by atoms with Gasteiger partial charge in [0.1, 0.15) is 18.4 Å². The fourth-order valence-corrected chi connectivity index (χ4v) is 5.46. The molecule has 0 aliphatic heterocycles. The molecule has 7 nitrogen and oxygen atoms in total. The highest BCUT2D eigenvalue weighted by molar-refractivity contribution is 9.10. The third-order valence-electron chi connectivity index (χ3n) is 5.99. The van der Waals surface area contributed by atoms with Crippen LogP contribution >= 0.6 is 15.9 Å². The maximum atomic E-state index is 14.9. The highest BCUT2D eigenvalue weighted by Gasteiger charge is 2.33. The zero-order chi connectivity index (χ0) is 27.9. The molecule has 0 aromatic heterocycles. The smallest absolute Gasteiger partial charge is 0.264 e. The lowest BCUT2D eigenvalue weighted by molar-refractivity contribution is -0.139. The van der Waals surface area contributed by atoms with E-state index in [2.05, 4.69) is 21.2 Å². The number of nitrogens with zero attached hydrogens (tertiary/aromatic N) is 2. The summed E-state index contributed by atoms with van der Waals surface area (Å²) in [5.41, 5.74) is 1.34. The number of hydrogen-bond acceptors (Lipinski definition) is 4. The standard InChI is InChI=1S/C28H31BrFN3O4S/c1-4-17-31-28(35)21(3)32(18-22-11-13-23(29)14-12-22)27(34)19-33(26-8-6-5-7-25(26)30)38(36,37)24-15-9-20(2)10-16-24/h5-16,21H,4,17-19H2,1-3H3,(H,31,35).